The molecule has 1 aromatic rings. The first kappa shape index (κ1) is 13.2. The molecule has 3 unspecified atom stereocenters. The van der Waals surface area contributed by atoms with Crippen molar-refractivity contribution in [2.45, 2.75) is 70.1 Å². The molecule has 0 radical (unpaired) electrons. The van der Waals surface area contributed by atoms with Crippen molar-refractivity contribution in [3.63, 3.8) is 0 Å². The van der Waals surface area contributed by atoms with Crippen LogP contribution in [0.15, 0.2) is 23.0 Å². The standard InChI is InChI=1S/C16H26N2O/c1-3-7-18(12(2)13-6-8-19-11-13)16-9-14-4-5-15(10-16)17-14/h6,8,11-12,14-17H,3-5,7,9-10H2,1-2H3. The summed E-state index contributed by atoms with van der Waals surface area (Å²) in [7, 11) is 0. The third kappa shape index (κ3) is 2.72. The lowest BCUT2D eigenvalue weighted by Crippen LogP contribution is -2.49. The zero-order valence-electron chi connectivity index (χ0n) is 12.1. The van der Waals surface area contributed by atoms with Crippen LogP contribution in [-0.2, 0) is 0 Å². The first-order valence-electron chi connectivity index (χ1n) is 7.81. The molecule has 1 N–H and O–H groups in total. The Morgan fingerprint density at radius 1 is 1.37 bits per heavy atom. The molecule has 0 saturated carbocycles. The van der Waals surface area contributed by atoms with E-state index >= 15 is 0 Å². The number of hydrogen-bond donors (Lipinski definition) is 1. The van der Waals surface area contributed by atoms with E-state index in [9.17, 15) is 0 Å². The number of furan rings is 1. The Labute approximate surface area is 116 Å². The Bertz CT molecular complexity index is 377. The van der Waals surface area contributed by atoms with Crippen LogP contribution in [0.25, 0.3) is 0 Å². The molecule has 2 aliphatic heterocycles. The van der Waals surface area contributed by atoms with Gasteiger partial charge in [0.15, 0.2) is 0 Å². The molecular formula is C16H26N2O. The second-order valence-electron chi connectivity index (χ2n) is 6.23. The van der Waals surface area contributed by atoms with Crippen LogP contribution >= 0.6 is 0 Å². The van der Waals surface area contributed by atoms with Crippen LogP contribution in [0.1, 0.15) is 57.6 Å². The fourth-order valence-corrected chi connectivity index (χ4v) is 3.95. The molecule has 0 aliphatic carbocycles. The summed E-state index contributed by atoms with van der Waals surface area (Å²) in [5.41, 5.74) is 1.32. The normalized spacial score (nSPS) is 31.8. The Kier molecular flexibility index (Phi) is 3.94. The summed E-state index contributed by atoms with van der Waals surface area (Å²) < 4.78 is 5.27. The van der Waals surface area contributed by atoms with E-state index in [0.717, 1.165) is 18.1 Å². The summed E-state index contributed by atoms with van der Waals surface area (Å²) in [5, 5.41) is 3.75. The van der Waals surface area contributed by atoms with Crippen molar-refractivity contribution in [2.75, 3.05) is 6.54 Å². The summed E-state index contributed by atoms with van der Waals surface area (Å²) in [4.78, 5) is 2.71. The SMILES string of the molecule is CCCN(C1CC2CCC(C1)N2)C(C)c1ccoc1. The van der Waals surface area contributed by atoms with Crippen LogP contribution in [-0.4, -0.2) is 29.6 Å². The molecule has 0 spiro atoms. The zero-order chi connectivity index (χ0) is 13.2. The topological polar surface area (TPSA) is 28.4 Å². The van der Waals surface area contributed by atoms with Gasteiger partial charge in [-0.15, -0.1) is 0 Å². The van der Waals surface area contributed by atoms with E-state index in [-0.39, 0.29) is 0 Å². The van der Waals surface area contributed by atoms with Crippen molar-refractivity contribution in [2.24, 2.45) is 0 Å². The number of hydrogen-bond acceptors (Lipinski definition) is 3. The van der Waals surface area contributed by atoms with Crippen LogP contribution in [0.5, 0.6) is 0 Å². The van der Waals surface area contributed by atoms with E-state index in [1.807, 2.05) is 6.26 Å². The van der Waals surface area contributed by atoms with Crippen LogP contribution in [0.2, 0.25) is 0 Å². The number of fused-ring (bicyclic) bond motifs is 2. The molecule has 106 valence electrons. The lowest BCUT2D eigenvalue weighted by atomic mass is 9.95. The second-order valence-corrected chi connectivity index (χ2v) is 6.23. The highest BCUT2D eigenvalue weighted by molar-refractivity contribution is 5.12. The van der Waals surface area contributed by atoms with E-state index in [0.29, 0.717) is 6.04 Å². The predicted octanol–water partition coefficient (Wildman–Crippen LogP) is 3.34. The van der Waals surface area contributed by atoms with Gasteiger partial charge in [0.1, 0.15) is 0 Å². The van der Waals surface area contributed by atoms with Crippen LogP contribution in [0, 0.1) is 0 Å². The summed E-state index contributed by atoms with van der Waals surface area (Å²) in [6.07, 6.45) is 10.3. The molecule has 2 saturated heterocycles. The average molecular weight is 262 g/mol. The Morgan fingerprint density at radius 3 is 2.68 bits per heavy atom. The maximum atomic E-state index is 5.27. The monoisotopic (exact) mass is 262 g/mol. The van der Waals surface area contributed by atoms with E-state index < -0.39 is 0 Å². The lowest BCUT2D eigenvalue weighted by Gasteiger charge is -2.41. The lowest BCUT2D eigenvalue weighted by molar-refractivity contribution is 0.101. The first-order valence-corrected chi connectivity index (χ1v) is 7.81. The van der Waals surface area contributed by atoms with E-state index in [4.69, 9.17) is 4.42 Å². The van der Waals surface area contributed by atoms with Crippen molar-refractivity contribution < 1.29 is 4.42 Å². The third-order valence-corrected chi connectivity index (χ3v) is 4.92. The van der Waals surface area contributed by atoms with E-state index in [1.54, 1.807) is 6.26 Å². The maximum absolute atomic E-state index is 5.27. The third-order valence-electron chi connectivity index (χ3n) is 4.92. The van der Waals surface area contributed by atoms with Crippen LogP contribution in [0.3, 0.4) is 0 Å². The highest BCUT2D eigenvalue weighted by Crippen LogP contribution is 2.34. The maximum Gasteiger partial charge on any atom is 0.0950 e. The molecule has 0 amide bonds. The molecular weight excluding hydrogens is 236 g/mol. The minimum absolute atomic E-state index is 0.473. The molecule has 2 aliphatic rings. The molecule has 19 heavy (non-hydrogen) atoms. The number of rotatable bonds is 5. The molecule has 3 nitrogen and oxygen atoms in total. The van der Waals surface area contributed by atoms with Crippen molar-refractivity contribution in [1.82, 2.24) is 10.2 Å². The van der Waals surface area contributed by atoms with Crippen molar-refractivity contribution in [3.05, 3.63) is 24.2 Å². The van der Waals surface area contributed by atoms with Gasteiger partial charge in [0.25, 0.3) is 0 Å². The molecule has 0 aromatic carbocycles. The van der Waals surface area contributed by atoms with Gasteiger partial charge in [-0.2, -0.15) is 0 Å². The van der Waals surface area contributed by atoms with Crippen LogP contribution in [0.4, 0.5) is 0 Å². The molecule has 3 atom stereocenters. The van der Waals surface area contributed by atoms with Gasteiger partial charge in [-0.3, -0.25) is 4.90 Å². The zero-order valence-corrected chi connectivity index (χ0v) is 12.1. The van der Waals surface area contributed by atoms with Gasteiger partial charge < -0.3 is 9.73 Å². The van der Waals surface area contributed by atoms with Gasteiger partial charge in [-0.1, -0.05) is 6.92 Å². The minimum Gasteiger partial charge on any atom is -0.472 e. The summed E-state index contributed by atoms with van der Waals surface area (Å²) in [5.74, 6) is 0. The second kappa shape index (κ2) is 5.68. The molecule has 3 rings (SSSR count). The number of nitrogens with zero attached hydrogens (tertiary/aromatic N) is 1. The number of piperidine rings is 1. The first-order chi connectivity index (χ1) is 9.28. The van der Waals surface area contributed by atoms with Gasteiger partial charge in [0.05, 0.1) is 12.5 Å². The Morgan fingerprint density at radius 2 is 2.11 bits per heavy atom. The Hall–Kier alpha value is -0.800. The molecule has 2 bridgehead atoms. The minimum atomic E-state index is 0.473. The fourth-order valence-electron chi connectivity index (χ4n) is 3.95. The molecule has 3 heterocycles. The van der Waals surface area contributed by atoms with E-state index in [1.165, 1.54) is 44.2 Å². The highest BCUT2D eigenvalue weighted by atomic mass is 16.3. The molecule has 3 heteroatoms. The smallest absolute Gasteiger partial charge is 0.0950 e. The molecule has 2 fully saturated rings. The fraction of sp³-hybridized carbons (Fsp3) is 0.750. The van der Waals surface area contributed by atoms with E-state index in [2.05, 4.69) is 30.1 Å². The average Bonchev–Trinajstić information content (AvgIpc) is 3.05. The van der Waals surface area contributed by atoms with Gasteiger partial charge >= 0.3 is 0 Å². The highest BCUT2D eigenvalue weighted by Gasteiger charge is 2.37. The van der Waals surface area contributed by atoms with Crippen molar-refractivity contribution >= 4 is 0 Å². The summed E-state index contributed by atoms with van der Waals surface area (Å²) in [6, 6.07) is 4.85. The molecule has 1 aromatic heterocycles. The Balaban J connectivity index is 1.73. The summed E-state index contributed by atoms with van der Waals surface area (Å²) in [6.45, 7) is 5.80. The summed E-state index contributed by atoms with van der Waals surface area (Å²) >= 11 is 0. The van der Waals surface area contributed by atoms with Gasteiger partial charge in [0, 0.05) is 29.7 Å². The van der Waals surface area contributed by atoms with Gasteiger partial charge in [-0.25, -0.2) is 0 Å². The largest absolute Gasteiger partial charge is 0.472 e. The quantitative estimate of drug-likeness (QED) is 0.882. The predicted molar refractivity (Wildman–Crippen MR) is 77.1 cm³/mol. The van der Waals surface area contributed by atoms with Crippen molar-refractivity contribution in [3.8, 4) is 0 Å². The van der Waals surface area contributed by atoms with Gasteiger partial charge in [0.2, 0.25) is 0 Å². The number of nitrogens with one attached hydrogen (secondary N) is 1. The van der Waals surface area contributed by atoms with Crippen LogP contribution < -0.4 is 5.32 Å². The van der Waals surface area contributed by atoms with Crippen molar-refractivity contribution in [1.29, 1.82) is 0 Å². The van der Waals surface area contributed by atoms with Gasteiger partial charge in [-0.05, 0) is 51.6 Å².